The molecule has 2 unspecified atom stereocenters. The van der Waals surface area contributed by atoms with Crippen molar-refractivity contribution in [1.29, 1.82) is 0 Å². The van der Waals surface area contributed by atoms with Crippen LogP contribution < -0.4 is 0 Å². The summed E-state index contributed by atoms with van der Waals surface area (Å²) in [5.74, 6) is 1.39. The third kappa shape index (κ3) is 1.27. The second kappa shape index (κ2) is 3.58. The van der Waals surface area contributed by atoms with Crippen LogP contribution in [0.3, 0.4) is 0 Å². The van der Waals surface area contributed by atoms with Crippen molar-refractivity contribution in [2.24, 2.45) is 0 Å². The average molecular weight is 215 g/mol. The lowest BCUT2D eigenvalue weighted by atomic mass is 9.96. The van der Waals surface area contributed by atoms with E-state index in [1.54, 1.807) is 16.7 Å². The Balaban J connectivity index is 2.24. The van der Waals surface area contributed by atoms with E-state index in [-0.39, 0.29) is 0 Å². The number of nitrogens with zero attached hydrogens (tertiary/aromatic N) is 1. The van der Waals surface area contributed by atoms with Crippen LogP contribution in [0, 0.1) is 0 Å². The number of pyridine rings is 1. The van der Waals surface area contributed by atoms with Crippen LogP contribution in [0.1, 0.15) is 73.5 Å². The molecule has 0 bridgehead atoms. The minimum atomic E-state index is 0.693. The van der Waals surface area contributed by atoms with Gasteiger partial charge in [-0.05, 0) is 60.6 Å². The van der Waals surface area contributed by atoms with Gasteiger partial charge in [0.25, 0.3) is 0 Å². The summed E-state index contributed by atoms with van der Waals surface area (Å²) < 4.78 is 0. The third-order valence-corrected chi connectivity index (χ3v) is 4.53. The summed E-state index contributed by atoms with van der Waals surface area (Å²) in [6.07, 6.45) is 6.37. The Morgan fingerprint density at radius 2 is 1.50 bits per heavy atom. The molecule has 0 aromatic carbocycles. The molecular weight excluding hydrogens is 194 g/mol. The van der Waals surface area contributed by atoms with Gasteiger partial charge in [0, 0.05) is 11.4 Å². The molecule has 0 radical (unpaired) electrons. The van der Waals surface area contributed by atoms with Crippen LogP contribution >= 0.6 is 0 Å². The minimum absolute atomic E-state index is 0.693. The molecule has 0 spiro atoms. The first-order chi connectivity index (χ1) is 7.72. The first-order valence-corrected chi connectivity index (χ1v) is 6.76. The summed E-state index contributed by atoms with van der Waals surface area (Å²) in [6, 6.07) is 0. The van der Waals surface area contributed by atoms with Gasteiger partial charge in [0.15, 0.2) is 0 Å². The molecule has 0 fully saturated rings. The van der Waals surface area contributed by atoms with E-state index in [0.29, 0.717) is 11.8 Å². The van der Waals surface area contributed by atoms with E-state index in [4.69, 9.17) is 4.98 Å². The van der Waals surface area contributed by atoms with E-state index >= 15 is 0 Å². The predicted molar refractivity (Wildman–Crippen MR) is 67.1 cm³/mol. The lowest BCUT2D eigenvalue weighted by molar-refractivity contribution is 0.702. The molecule has 86 valence electrons. The number of hydrogen-bond acceptors (Lipinski definition) is 1. The number of fused-ring (bicyclic) bond motifs is 2. The van der Waals surface area contributed by atoms with Crippen LogP contribution in [0.15, 0.2) is 0 Å². The van der Waals surface area contributed by atoms with Crippen LogP contribution in [0.5, 0.6) is 0 Å². The molecule has 3 rings (SSSR count). The molecule has 0 saturated carbocycles. The summed E-state index contributed by atoms with van der Waals surface area (Å²) in [6.45, 7) is 6.98. The fourth-order valence-corrected chi connectivity index (χ4v) is 3.55. The van der Waals surface area contributed by atoms with E-state index in [0.717, 1.165) is 0 Å². The zero-order valence-electron chi connectivity index (χ0n) is 10.6. The Morgan fingerprint density at radius 3 is 1.94 bits per heavy atom. The van der Waals surface area contributed by atoms with Crippen molar-refractivity contribution in [3.05, 3.63) is 28.1 Å². The van der Waals surface area contributed by atoms with Gasteiger partial charge in [-0.1, -0.05) is 20.8 Å². The SMILES string of the molecule is CCc1c2c(nc3c1CCC3C)C(C)CC2. The maximum Gasteiger partial charge on any atom is 0.0470 e. The lowest BCUT2D eigenvalue weighted by Gasteiger charge is -2.14. The third-order valence-electron chi connectivity index (χ3n) is 4.53. The highest BCUT2D eigenvalue weighted by atomic mass is 14.8. The molecule has 0 amide bonds. The molecule has 0 N–H and O–H groups in total. The Labute approximate surface area is 98.3 Å². The largest absolute Gasteiger partial charge is 0.257 e. The van der Waals surface area contributed by atoms with E-state index in [1.165, 1.54) is 43.5 Å². The quantitative estimate of drug-likeness (QED) is 0.695. The van der Waals surface area contributed by atoms with Gasteiger partial charge in [-0.15, -0.1) is 0 Å². The molecule has 1 heteroatoms. The molecule has 0 aliphatic heterocycles. The van der Waals surface area contributed by atoms with Gasteiger partial charge in [-0.3, -0.25) is 4.98 Å². The Kier molecular flexibility index (Phi) is 2.31. The van der Waals surface area contributed by atoms with Gasteiger partial charge < -0.3 is 0 Å². The second-order valence-corrected chi connectivity index (χ2v) is 5.55. The molecule has 16 heavy (non-hydrogen) atoms. The highest BCUT2D eigenvalue weighted by Crippen LogP contribution is 2.41. The van der Waals surface area contributed by atoms with E-state index in [2.05, 4.69) is 20.8 Å². The molecule has 2 aliphatic carbocycles. The van der Waals surface area contributed by atoms with E-state index < -0.39 is 0 Å². The summed E-state index contributed by atoms with van der Waals surface area (Å²) in [4.78, 5) is 5.00. The Bertz CT molecular complexity index is 397. The fraction of sp³-hybridized carbons (Fsp3) is 0.667. The van der Waals surface area contributed by atoms with Crippen LogP contribution in [0.25, 0.3) is 0 Å². The summed E-state index contributed by atoms with van der Waals surface area (Å²) in [5.41, 5.74) is 7.76. The predicted octanol–water partition coefficient (Wildman–Crippen LogP) is 3.74. The Hall–Kier alpha value is -0.850. The highest BCUT2D eigenvalue weighted by molar-refractivity contribution is 5.47. The van der Waals surface area contributed by atoms with E-state index in [1.807, 2.05) is 0 Å². The van der Waals surface area contributed by atoms with Crippen molar-refractivity contribution >= 4 is 0 Å². The van der Waals surface area contributed by atoms with Crippen molar-refractivity contribution in [2.75, 3.05) is 0 Å². The zero-order chi connectivity index (χ0) is 11.3. The maximum absolute atomic E-state index is 5.00. The van der Waals surface area contributed by atoms with Gasteiger partial charge in [0.05, 0.1) is 0 Å². The number of hydrogen-bond donors (Lipinski definition) is 0. The van der Waals surface area contributed by atoms with Crippen LogP contribution in [-0.2, 0) is 19.3 Å². The van der Waals surface area contributed by atoms with Gasteiger partial charge in [0.2, 0.25) is 0 Å². The van der Waals surface area contributed by atoms with Gasteiger partial charge in [0.1, 0.15) is 0 Å². The first kappa shape index (κ1) is 10.3. The molecule has 2 aliphatic rings. The molecule has 1 aromatic heterocycles. The van der Waals surface area contributed by atoms with Crippen LogP contribution in [0.4, 0.5) is 0 Å². The molecule has 1 nitrogen and oxygen atoms in total. The maximum atomic E-state index is 5.00. The van der Waals surface area contributed by atoms with Crippen molar-refractivity contribution in [2.45, 2.75) is 64.7 Å². The molecule has 1 aromatic rings. The monoisotopic (exact) mass is 215 g/mol. The smallest absolute Gasteiger partial charge is 0.0470 e. The molecule has 0 saturated heterocycles. The molecule has 1 heterocycles. The van der Waals surface area contributed by atoms with Crippen molar-refractivity contribution in [3.63, 3.8) is 0 Å². The van der Waals surface area contributed by atoms with Gasteiger partial charge in [-0.25, -0.2) is 0 Å². The minimum Gasteiger partial charge on any atom is -0.257 e. The second-order valence-electron chi connectivity index (χ2n) is 5.55. The van der Waals surface area contributed by atoms with Crippen molar-refractivity contribution < 1.29 is 0 Å². The normalized spacial score (nSPS) is 26.9. The standard InChI is InChI=1S/C15H21N/c1-4-11-12-7-5-9(2)14(12)16-15-10(3)6-8-13(11)15/h9-10H,4-8H2,1-3H3. The number of aromatic nitrogens is 1. The molecular formula is C15H21N. The van der Waals surface area contributed by atoms with Crippen LogP contribution in [-0.4, -0.2) is 4.98 Å². The summed E-state index contributed by atoms with van der Waals surface area (Å²) in [5, 5.41) is 0. The van der Waals surface area contributed by atoms with E-state index in [9.17, 15) is 0 Å². The van der Waals surface area contributed by atoms with Gasteiger partial charge in [-0.2, -0.15) is 0 Å². The molecule has 2 atom stereocenters. The van der Waals surface area contributed by atoms with Crippen molar-refractivity contribution in [1.82, 2.24) is 4.98 Å². The fourth-order valence-electron chi connectivity index (χ4n) is 3.55. The Morgan fingerprint density at radius 1 is 1.00 bits per heavy atom. The number of rotatable bonds is 1. The van der Waals surface area contributed by atoms with Gasteiger partial charge >= 0.3 is 0 Å². The summed E-state index contributed by atoms with van der Waals surface area (Å²) in [7, 11) is 0. The van der Waals surface area contributed by atoms with Crippen LogP contribution in [0.2, 0.25) is 0 Å². The average Bonchev–Trinajstić information content (AvgIpc) is 2.82. The highest BCUT2D eigenvalue weighted by Gasteiger charge is 2.30. The lowest BCUT2D eigenvalue weighted by Crippen LogP contribution is -2.05. The first-order valence-electron chi connectivity index (χ1n) is 6.76. The zero-order valence-corrected chi connectivity index (χ0v) is 10.6. The topological polar surface area (TPSA) is 12.9 Å². The van der Waals surface area contributed by atoms with Crippen molar-refractivity contribution in [3.8, 4) is 0 Å². The summed E-state index contributed by atoms with van der Waals surface area (Å²) >= 11 is 0.